The van der Waals surface area contributed by atoms with Crippen LogP contribution in [0.15, 0.2) is 36.4 Å². The molecule has 6 nitrogen and oxygen atoms in total. The Bertz CT molecular complexity index is 856. The molecule has 0 saturated heterocycles. The number of Topliss-reactive ketones (excluding diaryl/α,β-unsaturated/α-hetero) is 1. The number of hydrogen-bond acceptors (Lipinski definition) is 6. The van der Waals surface area contributed by atoms with Crippen molar-refractivity contribution in [2.75, 3.05) is 13.2 Å². The van der Waals surface area contributed by atoms with Gasteiger partial charge in [-0.15, -0.1) is 11.3 Å². The molecule has 0 unspecified atom stereocenters. The molecule has 0 radical (unpaired) electrons. The van der Waals surface area contributed by atoms with Gasteiger partial charge in [-0.25, -0.2) is 0 Å². The van der Waals surface area contributed by atoms with Crippen LogP contribution in [0.2, 0.25) is 4.34 Å². The Hall–Kier alpha value is -2.51. The summed E-state index contributed by atoms with van der Waals surface area (Å²) < 4.78 is 5.42. The van der Waals surface area contributed by atoms with Gasteiger partial charge in [0, 0.05) is 13.0 Å². The smallest absolute Gasteiger partial charge is 0.306 e. The first-order valence-electron chi connectivity index (χ1n) is 7.87. The highest BCUT2D eigenvalue weighted by Crippen LogP contribution is 2.23. The van der Waals surface area contributed by atoms with Crippen LogP contribution in [0.5, 0.6) is 0 Å². The number of fused-ring (bicyclic) bond motifs is 1. The van der Waals surface area contributed by atoms with E-state index in [0.717, 1.165) is 16.2 Å². The van der Waals surface area contributed by atoms with Gasteiger partial charge in [0.2, 0.25) is 5.78 Å². The maximum atomic E-state index is 12.2. The second-order valence-electron chi connectivity index (χ2n) is 5.60. The van der Waals surface area contributed by atoms with Gasteiger partial charge in [0.15, 0.2) is 6.61 Å². The lowest BCUT2D eigenvalue weighted by Gasteiger charge is -2.13. The zero-order chi connectivity index (χ0) is 18.7. The topological polar surface area (TPSA) is 80.8 Å². The minimum Gasteiger partial charge on any atom is -0.457 e. The molecule has 26 heavy (non-hydrogen) atoms. The summed E-state index contributed by atoms with van der Waals surface area (Å²) in [5.74, 6) is -1.60. The van der Waals surface area contributed by atoms with Gasteiger partial charge in [0.25, 0.3) is 11.8 Å². The van der Waals surface area contributed by atoms with Crippen LogP contribution in [0.3, 0.4) is 0 Å². The van der Waals surface area contributed by atoms with Crippen LogP contribution in [0.1, 0.15) is 43.2 Å². The van der Waals surface area contributed by atoms with Gasteiger partial charge in [-0.2, -0.15) is 0 Å². The normalized spacial score (nSPS) is 13.0. The fourth-order valence-electron chi connectivity index (χ4n) is 2.58. The molecule has 0 atom stereocenters. The van der Waals surface area contributed by atoms with Gasteiger partial charge in [-0.1, -0.05) is 23.7 Å². The van der Waals surface area contributed by atoms with E-state index >= 15 is 0 Å². The van der Waals surface area contributed by atoms with Gasteiger partial charge < -0.3 is 4.74 Å². The summed E-state index contributed by atoms with van der Waals surface area (Å²) in [6.07, 6.45) is 0.273. The predicted octanol–water partition coefficient (Wildman–Crippen LogP) is 3.20. The first-order valence-corrected chi connectivity index (χ1v) is 9.06. The molecule has 0 saturated carbocycles. The number of halogens is 1. The summed E-state index contributed by atoms with van der Waals surface area (Å²) >= 11 is 6.87. The molecule has 0 bridgehead atoms. The Morgan fingerprint density at radius 2 is 1.69 bits per heavy atom. The summed E-state index contributed by atoms with van der Waals surface area (Å²) in [4.78, 5) is 49.5. The SMILES string of the molecule is O=C(CCCN1C(=O)c2ccccc2C1=O)OCC(=O)c1ccc(Cl)s1. The van der Waals surface area contributed by atoms with E-state index in [0.29, 0.717) is 20.3 Å². The molecule has 2 amide bonds. The summed E-state index contributed by atoms with van der Waals surface area (Å²) in [6, 6.07) is 9.78. The Balaban J connectivity index is 1.44. The number of esters is 1. The molecule has 0 aliphatic carbocycles. The van der Waals surface area contributed by atoms with Crippen LogP contribution in [0.25, 0.3) is 0 Å². The molecule has 0 spiro atoms. The largest absolute Gasteiger partial charge is 0.457 e. The fourth-order valence-corrected chi connectivity index (χ4v) is 3.54. The Kier molecular flexibility index (Phi) is 5.49. The third-order valence-corrected chi connectivity index (χ3v) is 5.13. The fraction of sp³-hybridized carbons (Fsp3) is 0.222. The van der Waals surface area contributed by atoms with E-state index in [4.69, 9.17) is 16.3 Å². The highest BCUT2D eigenvalue weighted by molar-refractivity contribution is 7.18. The number of benzene rings is 1. The highest BCUT2D eigenvalue weighted by atomic mass is 35.5. The van der Waals surface area contributed by atoms with Gasteiger partial charge in [-0.3, -0.25) is 24.1 Å². The van der Waals surface area contributed by atoms with Crippen molar-refractivity contribution in [1.29, 1.82) is 0 Å². The third-order valence-electron chi connectivity index (χ3n) is 3.85. The lowest BCUT2D eigenvalue weighted by molar-refractivity contribution is -0.142. The van der Waals surface area contributed by atoms with Gasteiger partial charge in [0.1, 0.15) is 0 Å². The maximum Gasteiger partial charge on any atom is 0.306 e. The predicted molar refractivity (Wildman–Crippen MR) is 95.7 cm³/mol. The minimum absolute atomic E-state index is 0.00584. The average Bonchev–Trinajstić information content (AvgIpc) is 3.17. The molecular formula is C18H14ClNO5S. The second kappa shape index (κ2) is 7.80. The Morgan fingerprint density at radius 3 is 2.27 bits per heavy atom. The van der Waals surface area contributed by atoms with E-state index in [1.807, 2.05) is 0 Å². The number of thiophene rings is 1. The minimum atomic E-state index is -0.558. The van der Waals surface area contributed by atoms with Crippen molar-refractivity contribution in [3.05, 3.63) is 56.7 Å². The molecule has 2 aromatic rings. The molecule has 2 heterocycles. The molecular weight excluding hydrogens is 378 g/mol. The number of ether oxygens (including phenoxy) is 1. The molecule has 8 heteroatoms. The molecule has 1 aliphatic rings. The van der Waals surface area contributed by atoms with E-state index in [-0.39, 0.29) is 43.6 Å². The van der Waals surface area contributed by atoms with E-state index in [1.165, 1.54) is 0 Å². The van der Waals surface area contributed by atoms with Crippen molar-refractivity contribution in [3.63, 3.8) is 0 Å². The first kappa shape index (κ1) is 18.3. The number of carbonyl (C=O) groups is 4. The quantitative estimate of drug-likeness (QED) is 0.411. The van der Waals surface area contributed by atoms with Crippen LogP contribution in [0.4, 0.5) is 0 Å². The van der Waals surface area contributed by atoms with Crippen molar-refractivity contribution >= 4 is 46.5 Å². The number of carbonyl (C=O) groups excluding carboxylic acids is 4. The van der Waals surface area contributed by atoms with Crippen LogP contribution in [0, 0.1) is 0 Å². The Labute approximate surface area is 158 Å². The number of amides is 2. The summed E-state index contributed by atoms with van der Waals surface area (Å²) in [5.41, 5.74) is 0.751. The van der Waals surface area contributed by atoms with Crippen molar-refractivity contribution in [3.8, 4) is 0 Å². The van der Waals surface area contributed by atoms with E-state index in [2.05, 4.69) is 0 Å². The monoisotopic (exact) mass is 391 g/mol. The van der Waals surface area contributed by atoms with E-state index in [9.17, 15) is 19.2 Å². The number of ketones is 1. The average molecular weight is 392 g/mol. The highest BCUT2D eigenvalue weighted by Gasteiger charge is 2.34. The van der Waals surface area contributed by atoms with Crippen LogP contribution < -0.4 is 0 Å². The van der Waals surface area contributed by atoms with E-state index < -0.39 is 5.97 Å². The molecule has 1 aliphatic heterocycles. The molecule has 3 rings (SSSR count). The van der Waals surface area contributed by atoms with Crippen molar-refractivity contribution in [2.45, 2.75) is 12.8 Å². The Morgan fingerprint density at radius 1 is 1.04 bits per heavy atom. The second-order valence-corrected chi connectivity index (χ2v) is 7.31. The molecule has 1 aromatic carbocycles. The van der Waals surface area contributed by atoms with Crippen LogP contribution in [-0.2, 0) is 9.53 Å². The first-order chi connectivity index (χ1) is 12.5. The molecule has 134 valence electrons. The number of rotatable bonds is 7. The van der Waals surface area contributed by atoms with Crippen molar-refractivity contribution in [1.82, 2.24) is 4.90 Å². The zero-order valence-electron chi connectivity index (χ0n) is 13.6. The number of nitrogens with zero attached hydrogens (tertiary/aromatic N) is 1. The van der Waals surface area contributed by atoms with Crippen LogP contribution in [-0.4, -0.2) is 41.6 Å². The lowest BCUT2D eigenvalue weighted by Crippen LogP contribution is -2.31. The van der Waals surface area contributed by atoms with Crippen LogP contribution >= 0.6 is 22.9 Å². The number of hydrogen-bond donors (Lipinski definition) is 0. The van der Waals surface area contributed by atoms with Crippen molar-refractivity contribution in [2.24, 2.45) is 0 Å². The molecule has 0 N–H and O–H groups in total. The summed E-state index contributed by atoms with van der Waals surface area (Å²) in [7, 11) is 0. The molecule has 1 aromatic heterocycles. The van der Waals surface area contributed by atoms with E-state index in [1.54, 1.807) is 36.4 Å². The standard InChI is InChI=1S/C18H14ClNO5S/c19-15-8-7-14(26-15)13(21)10-25-16(22)6-3-9-20-17(23)11-4-1-2-5-12(11)18(20)24/h1-2,4-5,7-8H,3,6,9-10H2. The zero-order valence-corrected chi connectivity index (χ0v) is 15.1. The lowest BCUT2D eigenvalue weighted by atomic mass is 10.1. The van der Waals surface area contributed by atoms with Gasteiger partial charge in [0.05, 0.1) is 20.3 Å². The number of imide groups is 1. The molecule has 0 fully saturated rings. The summed E-state index contributed by atoms with van der Waals surface area (Å²) in [5, 5.41) is 0. The van der Waals surface area contributed by atoms with Crippen molar-refractivity contribution < 1.29 is 23.9 Å². The summed E-state index contributed by atoms with van der Waals surface area (Å²) in [6.45, 7) is -0.237. The maximum absolute atomic E-state index is 12.2. The van der Waals surface area contributed by atoms with Gasteiger partial charge in [-0.05, 0) is 30.7 Å². The van der Waals surface area contributed by atoms with Gasteiger partial charge >= 0.3 is 5.97 Å². The third kappa shape index (κ3) is 3.84.